The summed E-state index contributed by atoms with van der Waals surface area (Å²) in [4.78, 5) is 9.06. The molecule has 4 heteroatoms. The average Bonchev–Trinajstić information content (AvgIpc) is 3.46. The van der Waals surface area contributed by atoms with Gasteiger partial charge in [0.25, 0.3) is 0 Å². The van der Waals surface area contributed by atoms with E-state index in [9.17, 15) is 0 Å². The number of ether oxygens (including phenoxy) is 1. The molecule has 0 N–H and O–H groups in total. The van der Waals surface area contributed by atoms with Crippen molar-refractivity contribution in [3.63, 3.8) is 0 Å². The summed E-state index contributed by atoms with van der Waals surface area (Å²) in [5.41, 5.74) is 5.30. The third-order valence-corrected chi connectivity index (χ3v) is 4.77. The van der Waals surface area contributed by atoms with Crippen molar-refractivity contribution in [2.45, 2.75) is 12.8 Å². The summed E-state index contributed by atoms with van der Waals surface area (Å²) in [6.45, 7) is 4.61. The van der Waals surface area contributed by atoms with E-state index in [1.807, 2.05) is 42.0 Å². The fraction of sp³-hybridized carbons (Fsp3) is 0.217. The van der Waals surface area contributed by atoms with Crippen molar-refractivity contribution in [3.05, 3.63) is 60.6 Å². The highest BCUT2D eigenvalue weighted by Gasteiger charge is 2.24. The summed E-state index contributed by atoms with van der Waals surface area (Å²) in [6.07, 6.45) is 13.4. The van der Waals surface area contributed by atoms with Crippen LogP contribution in [-0.4, -0.2) is 21.1 Å². The molecule has 1 saturated carbocycles. The molecule has 4 nitrogen and oxygen atoms in total. The van der Waals surface area contributed by atoms with Crippen LogP contribution in [0.25, 0.3) is 28.7 Å². The fourth-order valence-electron chi connectivity index (χ4n) is 3.06. The molecule has 0 unspecified atom stereocenters. The van der Waals surface area contributed by atoms with Gasteiger partial charge in [0, 0.05) is 24.4 Å². The van der Waals surface area contributed by atoms with Crippen LogP contribution < -0.4 is 4.74 Å². The lowest BCUT2D eigenvalue weighted by atomic mass is 10.0. The normalized spacial score (nSPS) is 13.2. The Labute approximate surface area is 159 Å². The first kappa shape index (κ1) is 17.1. The second-order valence-corrected chi connectivity index (χ2v) is 6.84. The van der Waals surface area contributed by atoms with E-state index in [1.165, 1.54) is 12.8 Å². The first-order valence-corrected chi connectivity index (χ1v) is 9.03. The number of imidazole rings is 1. The summed E-state index contributed by atoms with van der Waals surface area (Å²) in [5, 5.41) is 0. The summed E-state index contributed by atoms with van der Waals surface area (Å²) in [5.74, 6) is 4.18. The molecular weight excluding hydrogens is 334 g/mol. The van der Waals surface area contributed by atoms with Crippen LogP contribution in [0.4, 0.5) is 0 Å². The lowest BCUT2D eigenvalue weighted by Gasteiger charge is -2.14. The van der Waals surface area contributed by atoms with Gasteiger partial charge in [-0.15, -0.1) is 6.42 Å². The zero-order chi connectivity index (χ0) is 18.8. The molecule has 134 valence electrons. The minimum Gasteiger partial charge on any atom is -0.493 e. The molecule has 1 fully saturated rings. The van der Waals surface area contributed by atoms with E-state index in [0.29, 0.717) is 5.92 Å². The number of aromatic nitrogens is 3. The van der Waals surface area contributed by atoms with Crippen molar-refractivity contribution in [3.8, 4) is 40.7 Å². The molecule has 27 heavy (non-hydrogen) atoms. The van der Waals surface area contributed by atoms with Crippen molar-refractivity contribution >= 4 is 6.08 Å². The Morgan fingerprint density at radius 2 is 2.15 bits per heavy atom. The molecule has 2 aromatic heterocycles. The van der Waals surface area contributed by atoms with E-state index in [2.05, 4.69) is 28.5 Å². The van der Waals surface area contributed by atoms with E-state index in [1.54, 1.807) is 12.5 Å². The van der Waals surface area contributed by atoms with Gasteiger partial charge in [-0.1, -0.05) is 24.6 Å². The van der Waals surface area contributed by atoms with Crippen LogP contribution in [0, 0.1) is 18.3 Å². The van der Waals surface area contributed by atoms with Gasteiger partial charge in [0.15, 0.2) is 0 Å². The standard InChI is InChI=1S/C23H21N3O/c1-4-16-8-9-19(21(13-16)27-14-18-6-7-18)23-22(25-15-26(23)3)20-12-17(5-2)10-11-24-20/h2,4,8-13,15,18H,1,6-7,14H2,3H3. The molecule has 0 bridgehead atoms. The third kappa shape index (κ3) is 3.50. The van der Waals surface area contributed by atoms with E-state index in [0.717, 1.165) is 46.1 Å². The van der Waals surface area contributed by atoms with E-state index in [-0.39, 0.29) is 0 Å². The van der Waals surface area contributed by atoms with Gasteiger partial charge >= 0.3 is 0 Å². The quantitative estimate of drug-likeness (QED) is 0.609. The number of hydrogen-bond acceptors (Lipinski definition) is 3. The Bertz CT molecular complexity index is 1040. The van der Waals surface area contributed by atoms with E-state index < -0.39 is 0 Å². The molecule has 0 atom stereocenters. The fourth-order valence-corrected chi connectivity index (χ4v) is 3.06. The number of aryl methyl sites for hydroxylation is 1. The number of hydrogen-bond donors (Lipinski definition) is 0. The molecule has 0 aliphatic heterocycles. The molecule has 3 aromatic rings. The predicted octanol–water partition coefficient (Wildman–Crippen LogP) is 4.56. The Hall–Kier alpha value is -3.32. The maximum Gasteiger partial charge on any atom is 0.129 e. The van der Waals surface area contributed by atoms with Crippen LogP contribution in [0.1, 0.15) is 24.0 Å². The van der Waals surface area contributed by atoms with Crippen LogP contribution in [0.15, 0.2) is 49.4 Å². The number of terminal acetylenes is 1. The van der Waals surface area contributed by atoms with Gasteiger partial charge in [0.05, 0.1) is 24.3 Å². The van der Waals surface area contributed by atoms with Crippen molar-refractivity contribution in [2.75, 3.05) is 6.61 Å². The van der Waals surface area contributed by atoms with Crippen LogP contribution in [-0.2, 0) is 7.05 Å². The van der Waals surface area contributed by atoms with Gasteiger partial charge in [-0.05, 0) is 48.6 Å². The number of benzene rings is 1. The Morgan fingerprint density at radius 1 is 1.30 bits per heavy atom. The highest BCUT2D eigenvalue weighted by atomic mass is 16.5. The van der Waals surface area contributed by atoms with Crippen molar-refractivity contribution in [1.29, 1.82) is 0 Å². The lowest BCUT2D eigenvalue weighted by Crippen LogP contribution is -2.02. The molecule has 0 amide bonds. The van der Waals surface area contributed by atoms with Gasteiger partial charge in [0.1, 0.15) is 11.4 Å². The molecule has 2 heterocycles. The van der Waals surface area contributed by atoms with E-state index in [4.69, 9.17) is 11.2 Å². The van der Waals surface area contributed by atoms with Gasteiger partial charge in [-0.2, -0.15) is 0 Å². The summed E-state index contributed by atoms with van der Waals surface area (Å²) in [7, 11) is 1.98. The predicted molar refractivity (Wildman–Crippen MR) is 108 cm³/mol. The summed E-state index contributed by atoms with van der Waals surface area (Å²) in [6, 6.07) is 9.83. The molecule has 0 radical (unpaired) electrons. The molecule has 4 rings (SSSR count). The smallest absolute Gasteiger partial charge is 0.129 e. The first-order chi connectivity index (χ1) is 13.2. The minimum absolute atomic E-state index is 0.672. The monoisotopic (exact) mass is 355 g/mol. The van der Waals surface area contributed by atoms with Crippen LogP contribution in [0.2, 0.25) is 0 Å². The summed E-state index contributed by atoms with van der Waals surface area (Å²) < 4.78 is 8.17. The zero-order valence-electron chi connectivity index (χ0n) is 15.4. The molecular formula is C23H21N3O. The highest BCUT2D eigenvalue weighted by molar-refractivity contribution is 5.81. The summed E-state index contributed by atoms with van der Waals surface area (Å²) >= 11 is 0. The minimum atomic E-state index is 0.672. The Kier molecular flexibility index (Phi) is 4.52. The number of rotatable bonds is 6. The maximum absolute atomic E-state index is 6.18. The lowest BCUT2D eigenvalue weighted by molar-refractivity contribution is 0.301. The molecule has 1 aromatic carbocycles. The molecule has 1 aliphatic rings. The van der Waals surface area contributed by atoms with Gasteiger partial charge in [0.2, 0.25) is 0 Å². The first-order valence-electron chi connectivity index (χ1n) is 9.03. The highest BCUT2D eigenvalue weighted by Crippen LogP contribution is 2.38. The van der Waals surface area contributed by atoms with Crippen molar-refractivity contribution in [2.24, 2.45) is 13.0 Å². The number of pyridine rings is 1. The SMILES string of the molecule is C#Cc1ccnc(-c2ncn(C)c2-c2ccc(C=C)cc2OCC2CC2)c1. The third-order valence-electron chi connectivity index (χ3n) is 4.77. The maximum atomic E-state index is 6.18. The second-order valence-electron chi connectivity index (χ2n) is 6.84. The van der Waals surface area contributed by atoms with Crippen LogP contribution >= 0.6 is 0 Å². The van der Waals surface area contributed by atoms with Crippen LogP contribution in [0.5, 0.6) is 5.75 Å². The number of nitrogens with zero attached hydrogens (tertiary/aromatic N) is 3. The van der Waals surface area contributed by atoms with E-state index >= 15 is 0 Å². The van der Waals surface area contributed by atoms with Crippen molar-refractivity contribution in [1.82, 2.24) is 14.5 Å². The van der Waals surface area contributed by atoms with Crippen molar-refractivity contribution < 1.29 is 4.74 Å². The average molecular weight is 355 g/mol. The second kappa shape index (κ2) is 7.13. The van der Waals surface area contributed by atoms with Gasteiger partial charge in [-0.25, -0.2) is 4.98 Å². The van der Waals surface area contributed by atoms with Gasteiger partial charge in [-0.3, -0.25) is 4.98 Å². The molecule has 0 spiro atoms. The van der Waals surface area contributed by atoms with Gasteiger partial charge < -0.3 is 9.30 Å². The topological polar surface area (TPSA) is 39.9 Å². The zero-order valence-corrected chi connectivity index (χ0v) is 15.4. The molecule has 1 aliphatic carbocycles. The van der Waals surface area contributed by atoms with Crippen LogP contribution in [0.3, 0.4) is 0 Å². The Morgan fingerprint density at radius 3 is 2.89 bits per heavy atom. The largest absolute Gasteiger partial charge is 0.493 e. The molecule has 0 saturated heterocycles. The Balaban J connectivity index is 1.82.